The van der Waals surface area contributed by atoms with Gasteiger partial charge in [0, 0.05) is 23.5 Å². The van der Waals surface area contributed by atoms with Crippen LogP contribution in [0.4, 0.5) is 5.82 Å². The Labute approximate surface area is 231 Å². The van der Waals surface area contributed by atoms with E-state index in [0.29, 0.717) is 12.4 Å². The number of nitrogens with one attached hydrogen (secondary N) is 1. The van der Waals surface area contributed by atoms with Crippen LogP contribution in [0.3, 0.4) is 0 Å². The second-order valence-corrected chi connectivity index (χ2v) is 9.88. The largest absolute Gasteiger partial charge is 0.370 e. The van der Waals surface area contributed by atoms with Crippen LogP contribution in [0.2, 0.25) is 5.02 Å². The number of nitrogens with two attached hydrogens (primary N) is 2. The lowest BCUT2D eigenvalue weighted by molar-refractivity contribution is 0.591. The number of halogens is 3. The molecule has 0 radical (unpaired) electrons. The molecule has 0 atom stereocenters. The highest BCUT2D eigenvalue weighted by Crippen LogP contribution is 2.29. The van der Waals surface area contributed by atoms with E-state index in [0.717, 1.165) is 59.5 Å². The lowest BCUT2D eigenvalue weighted by Gasteiger charge is -2.20. The normalized spacial score (nSPS) is 11.1. The molecule has 9 heteroatoms. The molecule has 1 aromatic heterocycles. The van der Waals surface area contributed by atoms with Crippen LogP contribution >= 0.6 is 36.4 Å². The SMILES string of the molecule is CC(C)(C)c1ccc2nc(/C=C/c3ccc(Cl)cc3)nc(NCCCCCCN=C(N)N)c2c1.Cl.Cl. The van der Waals surface area contributed by atoms with Crippen molar-refractivity contribution in [1.82, 2.24) is 9.97 Å². The molecule has 1 heterocycles. The zero-order valence-electron chi connectivity index (χ0n) is 21.1. The van der Waals surface area contributed by atoms with Crippen molar-refractivity contribution >= 4 is 71.2 Å². The van der Waals surface area contributed by atoms with E-state index in [2.05, 4.69) is 49.3 Å². The van der Waals surface area contributed by atoms with Gasteiger partial charge in [0.15, 0.2) is 11.8 Å². The fourth-order valence-corrected chi connectivity index (χ4v) is 3.70. The third kappa shape index (κ3) is 9.84. The summed E-state index contributed by atoms with van der Waals surface area (Å²) in [7, 11) is 0. The van der Waals surface area contributed by atoms with Gasteiger partial charge in [0.1, 0.15) is 5.82 Å². The number of rotatable bonds is 10. The summed E-state index contributed by atoms with van der Waals surface area (Å²) in [5, 5.41) is 5.32. The predicted octanol–water partition coefficient (Wildman–Crippen LogP) is 6.84. The summed E-state index contributed by atoms with van der Waals surface area (Å²) < 4.78 is 0. The Hall–Kier alpha value is -2.54. The molecule has 0 aliphatic rings. The maximum atomic E-state index is 6.00. The molecule has 6 nitrogen and oxygen atoms in total. The van der Waals surface area contributed by atoms with Gasteiger partial charge in [-0.25, -0.2) is 9.97 Å². The zero-order valence-corrected chi connectivity index (χ0v) is 23.5. The average molecular weight is 552 g/mol. The van der Waals surface area contributed by atoms with E-state index >= 15 is 0 Å². The molecule has 0 spiro atoms. The highest BCUT2D eigenvalue weighted by atomic mass is 35.5. The van der Waals surface area contributed by atoms with Gasteiger partial charge in [-0.15, -0.1) is 24.8 Å². The summed E-state index contributed by atoms with van der Waals surface area (Å²) >= 11 is 6.00. The molecule has 3 aromatic rings. The van der Waals surface area contributed by atoms with Gasteiger partial charge in [0.25, 0.3) is 0 Å². The quantitative estimate of drug-likeness (QED) is 0.145. The number of hydrogen-bond acceptors (Lipinski definition) is 4. The Morgan fingerprint density at radius 1 is 0.944 bits per heavy atom. The van der Waals surface area contributed by atoms with Gasteiger partial charge in [-0.2, -0.15) is 0 Å². The summed E-state index contributed by atoms with van der Waals surface area (Å²) in [5.74, 6) is 1.70. The molecule has 5 N–H and O–H groups in total. The number of anilines is 1. The Morgan fingerprint density at radius 3 is 2.31 bits per heavy atom. The molecule has 0 aliphatic heterocycles. The summed E-state index contributed by atoms with van der Waals surface area (Å²) in [6, 6.07) is 14.2. The Morgan fingerprint density at radius 2 is 1.64 bits per heavy atom. The number of guanidine groups is 1. The lowest BCUT2D eigenvalue weighted by atomic mass is 9.86. The van der Waals surface area contributed by atoms with Gasteiger partial charge < -0.3 is 16.8 Å². The Balaban J connectivity index is 0.00000324. The number of aliphatic imine (C=N–C) groups is 1. The van der Waals surface area contributed by atoms with Gasteiger partial charge in [-0.05, 0) is 59.7 Å². The highest BCUT2D eigenvalue weighted by Gasteiger charge is 2.16. The summed E-state index contributed by atoms with van der Waals surface area (Å²) in [6.45, 7) is 8.18. The van der Waals surface area contributed by atoms with Crippen molar-refractivity contribution < 1.29 is 0 Å². The molecule has 0 aliphatic carbocycles. The van der Waals surface area contributed by atoms with E-state index in [9.17, 15) is 0 Å². The summed E-state index contributed by atoms with van der Waals surface area (Å²) in [4.78, 5) is 13.7. The lowest BCUT2D eigenvalue weighted by Crippen LogP contribution is -2.22. The first kappa shape index (κ1) is 31.5. The van der Waals surface area contributed by atoms with E-state index in [-0.39, 0.29) is 36.2 Å². The second-order valence-electron chi connectivity index (χ2n) is 9.44. The molecule has 36 heavy (non-hydrogen) atoms. The molecule has 3 rings (SSSR count). The topological polar surface area (TPSA) is 102 Å². The first-order chi connectivity index (χ1) is 16.2. The van der Waals surface area contributed by atoms with Crippen molar-refractivity contribution in [3.8, 4) is 0 Å². The monoisotopic (exact) mass is 550 g/mol. The van der Waals surface area contributed by atoms with E-state index in [4.69, 9.17) is 33.0 Å². The molecule has 2 aromatic carbocycles. The molecule has 0 amide bonds. The van der Waals surface area contributed by atoms with E-state index < -0.39 is 0 Å². The number of nitrogens with zero attached hydrogens (tertiary/aromatic N) is 3. The van der Waals surface area contributed by atoms with Crippen molar-refractivity contribution in [2.24, 2.45) is 16.5 Å². The van der Waals surface area contributed by atoms with Gasteiger partial charge in [0.2, 0.25) is 0 Å². The Kier molecular flexibility index (Phi) is 13.0. The van der Waals surface area contributed by atoms with Gasteiger partial charge in [-0.3, -0.25) is 4.99 Å². The predicted molar refractivity (Wildman–Crippen MR) is 161 cm³/mol. The van der Waals surface area contributed by atoms with Gasteiger partial charge >= 0.3 is 0 Å². The minimum absolute atomic E-state index is 0. The van der Waals surface area contributed by atoms with Crippen LogP contribution in [0, 0.1) is 0 Å². The maximum Gasteiger partial charge on any atom is 0.185 e. The van der Waals surface area contributed by atoms with Crippen LogP contribution in [0.5, 0.6) is 0 Å². The maximum absolute atomic E-state index is 6.00. The minimum atomic E-state index is 0. The van der Waals surface area contributed by atoms with Crippen LogP contribution in [0.25, 0.3) is 23.1 Å². The number of benzene rings is 2. The molecule has 0 bridgehead atoms. The van der Waals surface area contributed by atoms with Crippen molar-refractivity contribution in [2.45, 2.75) is 51.9 Å². The first-order valence-electron chi connectivity index (χ1n) is 11.8. The minimum Gasteiger partial charge on any atom is -0.370 e. The average Bonchev–Trinajstić information content (AvgIpc) is 2.79. The third-order valence-electron chi connectivity index (χ3n) is 5.55. The number of unbranched alkanes of at least 4 members (excludes halogenated alkanes) is 3. The van der Waals surface area contributed by atoms with E-state index in [1.54, 1.807) is 0 Å². The number of hydrogen-bond donors (Lipinski definition) is 3. The van der Waals surface area contributed by atoms with Crippen LogP contribution in [-0.4, -0.2) is 29.0 Å². The van der Waals surface area contributed by atoms with E-state index in [1.165, 1.54) is 5.56 Å². The number of fused-ring (bicyclic) bond motifs is 1. The van der Waals surface area contributed by atoms with Crippen LogP contribution in [-0.2, 0) is 5.41 Å². The fourth-order valence-electron chi connectivity index (χ4n) is 3.57. The van der Waals surface area contributed by atoms with Crippen molar-refractivity contribution in [1.29, 1.82) is 0 Å². The molecule has 196 valence electrons. The summed E-state index contributed by atoms with van der Waals surface area (Å²) in [5.41, 5.74) is 14.0. The third-order valence-corrected chi connectivity index (χ3v) is 5.80. The fraction of sp³-hybridized carbons (Fsp3) is 0.370. The standard InChI is InChI=1S/C27H35ClN6.2ClH/c1-27(2,3)20-11-14-23-22(18-20)25(31-16-6-4-5-7-17-32-26(29)30)34-24(33-23)15-10-19-8-12-21(28)13-9-19;;/h8-15,18H,4-7,16-17H2,1-3H3,(H4,29,30,32)(H,31,33,34);2*1H/b15-10+;;. The highest BCUT2D eigenvalue weighted by molar-refractivity contribution is 6.30. The van der Waals surface area contributed by atoms with Crippen molar-refractivity contribution in [2.75, 3.05) is 18.4 Å². The second kappa shape index (κ2) is 14.9. The molecular formula is C27H37Cl3N6. The number of aromatic nitrogens is 2. The molecule has 0 unspecified atom stereocenters. The van der Waals surface area contributed by atoms with Crippen molar-refractivity contribution in [3.05, 3.63) is 64.4 Å². The molecule has 0 saturated carbocycles. The molecule has 0 fully saturated rings. The first-order valence-corrected chi connectivity index (χ1v) is 12.2. The van der Waals surface area contributed by atoms with E-state index in [1.807, 2.05) is 36.4 Å². The van der Waals surface area contributed by atoms with Crippen LogP contribution < -0.4 is 16.8 Å². The zero-order chi connectivity index (χ0) is 24.6. The van der Waals surface area contributed by atoms with Crippen molar-refractivity contribution in [3.63, 3.8) is 0 Å². The van der Waals surface area contributed by atoms with Gasteiger partial charge in [0.05, 0.1) is 5.52 Å². The Bertz CT molecular complexity index is 1150. The summed E-state index contributed by atoms with van der Waals surface area (Å²) in [6.07, 6.45) is 8.17. The van der Waals surface area contributed by atoms with Crippen LogP contribution in [0.15, 0.2) is 47.5 Å². The van der Waals surface area contributed by atoms with Crippen LogP contribution in [0.1, 0.15) is 63.4 Å². The molecular weight excluding hydrogens is 515 g/mol. The van der Waals surface area contributed by atoms with Gasteiger partial charge in [-0.1, -0.05) is 69.5 Å². The smallest absolute Gasteiger partial charge is 0.185 e. The molecule has 0 saturated heterocycles.